The number of nitrogens with one attached hydrogen (secondary N) is 1. The second-order valence-electron chi connectivity index (χ2n) is 6.33. The number of nitrogens with zero attached hydrogens (tertiary/aromatic N) is 2. The first-order valence-electron chi connectivity index (χ1n) is 7.12. The third kappa shape index (κ3) is 2.76. The van der Waals surface area contributed by atoms with Crippen LogP contribution in [0, 0.1) is 5.41 Å². The predicted octanol–water partition coefficient (Wildman–Crippen LogP) is 3.36. The molecule has 20 heavy (non-hydrogen) atoms. The smallest absolute Gasteiger partial charge is 0.133 e. The SMILES string of the molecule is CNC1CC(C)(C)Cc2nc(Cc3cccs3)ncc21. The van der Waals surface area contributed by atoms with E-state index >= 15 is 0 Å². The van der Waals surface area contributed by atoms with E-state index in [4.69, 9.17) is 4.98 Å². The van der Waals surface area contributed by atoms with Gasteiger partial charge in [0, 0.05) is 34.8 Å². The fraction of sp³-hybridized carbons (Fsp3) is 0.500. The first kappa shape index (κ1) is 13.7. The highest BCUT2D eigenvalue weighted by atomic mass is 32.1. The Morgan fingerprint density at radius 3 is 3.00 bits per heavy atom. The maximum atomic E-state index is 4.84. The normalized spacial score (nSPS) is 20.6. The van der Waals surface area contributed by atoms with E-state index in [1.807, 2.05) is 13.2 Å². The Bertz CT molecular complexity index is 590. The third-order valence-corrected chi connectivity index (χ3v) is 4.87. The summed E-state index contributed by atoms with van der Waals surface area (Å²) in [5.41, 5.74) is 2.80. The summed E-state index contributed by atoms with van der Waals surface area (Å²) in [6.07, 6.45) is 5.06. The van der Waals surface area contributed by atoms with Crippen molar-refractivity contribution in [2.45, 2.75) is 39.2 Å². The Morgan fingerprint density at radius 2 is 2.30 bits per heavy atom. The van der Waals surface area contributed by atoms with Crippen LogP contribution in [0.15, 0.2) is 23.7 Å². The molecule has 106 valence electrons. The summed E-state index contributed by atoms with van der Waals surface area (Å²) in [7, 11) is 2.02. The lowest BCUT2D eigenvalue weighted by molar-refractivity contribution is 0.260. The molecule has 0 amide bonds. The number of rotatable bonds is 3. The van der Waals surface area contributed by atoms with Gasteiger partial charge in [0.2, 0.25) is 0 Å². The van der Waals surface area contributed by atoms with Crippen molar-refractivity contribution in [1.82, 2.24) is 15.3 Å². The second-order valence-corrected chi connectivity index (χ2v) is 7.36. The van der Waals surface area contributed by atoms with Gasteiger partial charge in [-0.15, -0.1) is 11.3 Å². The molecule has 0 saturated carbocycles. The lowest BCUT2D eigenvalue weighted by Crippen LogP contribution is -2.32. The maximum Gasteiger partial charge on any atom is 0.133 e. The zero-order chi connectivity index (χ0) is 14.2. The molecule has 1 N–H and O–H groups in total. The average molecular weight is 287 g/mol. The molecule has 0 bridgehead atoms. The molecule has 0 saturated heterocycles. The van der Waals surface area contributed by atoms with Gasteiger partial charge in [0.1, 0.15) is 5.82 Å². The first-order valence-corrected chi connectivity index (χ1v) is 8.00. The van der Waals surface area contributed by atoms with Crippen LogP contribution < -0.4 is 5.32 Å². The van der Waals surface area contributed by atoms with Crippen LogP contribution in [-0.2, 0) is 12.8 Å². The highest BCUT2D eigenvalue weighted by Gasteiger charge is 2.32. The molecule has 2 aromatic heterocycles. The summed E-state index contributed by atoms with van der Waals surface area (Å²) in [5, 5.41) is 5.51. The van der Waals surface area contributed by atoms with E-state index < -0.39 is 0 Å². The van der Waals surface area contributed by atoms with Crippen LogP contribution in [0.3, 0.4) is 0 Å². The Morgan fingerprint density at radius 1 is 1.45 bits per heavy atom. The van der Waals surface area contributed by atoms with Crippen LogP contribution >= 0.6 is 11.3 Å². The summed E-state index contributed by atoms with van der Waals surface area (Å²) < 4.78 is 0. The topological polar surface area (TPSA) is 37.8 Å². The molecule has 0 aromatic carbocycles. The van der Waals surface area contributed by atoms with Gasteiger partial charge in [-0.2, -0.15) is 0 Å². The second kappa shape index (κ2) is 5.26. The van der Waals surface area contributed by atoms with Crippen molar-refractivity contribution in [1.29, 1.82) is 0 Å². The number of thiophene rings is 1. The number of hydrogen-bond acceptors (Lipinski definition) is 4. The van der Waals surface area contributed by atoms with Crippen LogP contribution in [-0.4, -0.2) is 17.0 Å². The van der Waals surface area contributed by atoms with Crippen molar-refractivity contribution in [2.75, 3.05) is 7.05 Å². The molecular formula is C16H21N3S. The molecule has 3 rings (SSSR count). The van der Waals surface area contributed by atoms with Crippen molar-refractivity contribution in [3.63, 3.8) is 0 Å². The Labute approximate surface area is 124 Å². The summed E-state index contributed by atoms with van der Waals surface area (Å²) in [5.74, 6) is 0.943. The summed E-state index contributed by atoms with van der Waals surface area (Å²) in [6.45, 7) is 4.64. The molecular weight excluding hydrogens is 266 g/mol. The molecule has 1 aliphatic rings. The van der Waals surface area contributed by atoms with E-state index in [1.165, 1.54) is 16.1 Å². The van der Waals surface area contributed by atoms with Crippen LogP contribution in [0.5, 0.6) is 0 Å². The molecule has 0 radical (unpaired) electrons. The van der Waals surface area contributed by atoms with Gasteiger partial charge in [0.25, 0.3) is 0 Å². The lowest BCUT2D eigenvalue weighted by Gasteiger charge is -2.36. The number of fused-ring (bicyclic) bond motifs is 1. The Kier molecular flexibility index (Phi) is 3.61. The molecule has 4 heteroatoms. The quantitative estimate of drug-likeness (QED) is 0.940. The average Bonchev–Trinajstić information content (AvgIpc) is 2.89. The van der Waals surface area contributed by atoms with Crippen molar-refractivity contribution >= 4 is 11.3 Å². The molecule has 0 fully saturated rings. The van der Waals surface area contributed by atoms with Crippen molar-refractivity contribution < 1.29 is 0 Å². The highest BCUT2D eigenvalue weighted by molar-refractivity contribution is 7.09. The largest absolute Gasteiger partial charge is 0.313 e. The van der Waals surface area contributed by atoms with Crippen molar-refractivity contribution in [2.24, 2.45) is 5.41 Å². The van der Waals surface area contributed by atoms with Crippen LogP contribution in [0.4, 0.5) is 0 Å². The van der Waals surface area contributed by atoms with Gasteiger partial charge >= 0.3 is 0 Å². The summed E-state index contributed by atoms with van der Waals surface area (Å²) >= 11 is 1.77. The lowest BCUT2D eigenvalue weighted by atomic mass is 9.74. The van der Waals surface area contributed by atoms with Gasteiger partial charge in [0.15, 0.2) is 0 Å². The Balaban J connectivity index is 1.91. The molecule has 2 heterocycles. The first-order chi connectivity index (χ1) is 9.57. The maximum absolute atomic E-state index is 4.84. The fourth-order valence-corrected chi connectivity index (χ4v) is 3.70. The zero-order valence-electron chi connectivity index (χ0n) is 12.3. The van der Waals surface area contributed by atoms with E-state index in [9.17, 15) is 0 Å². The van der Waals surface area contributed by atoms with Gasteiger partial charge in [0.05, 0.1) is 0 Å². The monoisotopic (exact) mass is 287 g/mol. The molecule has 1 atom stereocenters. The van der Waals surface area contributed by atoms with Crippen LogP contribution in [0.25, 0.3) is 0 Å². The van der Waals surface area contributed by atoms with Gasteiger partial charge in [-0.05, 0) is 36.8 Å². The van der Waals surface area contributed by atoms with Crippen molar-refractivity contribution in [3.8, 4) is 0 Å². The van der Waals surface area contributed by atoms with Crippen molar-refractivity contribution in [3.05, 3.63) is 45.7 Å². The summed E-state index contributed by atoms with van der Waals surface area (Å²) in [6, 6.07) is 4.61. The zero-order valence-corrected chi connectivity index (χ0v) is 13.1. The molecule has 0 aliphatic heterocycles. The van der Waals surface area contributed by atoms with E-state index in [0.717, 1.165) is 25.1 Å². The minimum atomic E-state index is 0.301. The molecule has 3 nitrogen and oxygen atoms in total. The highest BCUT2D eigenvalue weighted by Crippen LogP contribution is 2.39. The van der Waals surface area contributed by atoms with Gasteiger partial charge in [-0.25, -0.2) is 9.97 Å². The molecule has 2 aromatic rings. The van der Waals surface area contributed by atoms with E-state index in [0.29, 0.717) is 11.5 Å². The predicted molar refractivity (Wildman–Crippen MR) is 83.1 cm³/mol. The number of hydrogen-bond donors (Lipinski definition) is 1. The van der Waals surface area contributed by atoms with E-state index in [2.05, 4.69) is 41.7 Å². The van der Waals surface area contributed by atoms with E-state index in [-0.39, 0.29) is 0 Å². The van der Waals surface area contributed by atoms with Gasteiger partial charge in [-0.3, -0.25) is 0 Å². The van der Waals surface area contributed by atoms with Crippen LogP contribution in [0.1, 0.15) is 48.3 Å². The van der Waals surface area contributed by atoms with Crippen LogP contribution in [0.2, 0.25) is 0 Å². The standard InChI is InChI=1S/C16H21N3S/c1-16(2)8-13(17-3)12-10-18-15(19-14(12)9-16)7-11-5-4-6-20-11/h4-6,10,13,17H,7-9H2,1-3H3. The summed E-state index contributed by atoms with van der Waals surface area (Å²) in [4.78, 5) is 10.7. The number of aromatic nitrogens is 2. The van der Waals surface area contributed by atoms with Gasteiger partial charge in [-0.1, -0.05) is 19.9 Å². The van der Waals surface area contributed by atoms with E-state index in [1.54, 1.807) is 11.3 Å². The molecule has 1 aliphatic carbocycles. The molecule has 0 spiro atoms. The molecule has 1 unspecified atom stereocenters. The van der Waals surface area contributed by atoms with Gasteiger partial charge < -0.3 is 5.32 Å². The minimum Gasteiger partial charge on any atom is -0.313 e. The third-order valence-electron chi connectivity index (χ3n) is 3.99. The Hall–Kier alpha value is -1.26. The minimum absolute atomic E-state index is 0.301. The fourth-order valence-electron chi connectivity index (χ4n) is 3.00.